The van der Waals surface area contributed by atoms with Gasteiger partial charge in [-0.3, -0.25) is 4.79 Å². The van der Waals surface area contributed by atoms with E-state index >= 15 is 0 Å². The van der Waals surface area contributed by atoms with E-state index in [4.69, 9.17) is 5.11 Å². The number of carboxylic acids is 1. The largest absolute Gasteiger partial charge is 0.778 e. The molecule has 82 valence electrons. The molecule has 0 saturated heterocycles. The Morgan fingerprint density at radius 3 is 2.29 bits per heavy atom. The number of carbonyl (C=O) groups is 2. The Morgan fingerprint density at radius 1 is 1.50 bits per heavy atom. The lowest BCUT2D eigenvalue weighted by atomic mass is 10.0. The van der Waals surface area contributed by atoms with Crippen LogP contribution in [-0.4, -0.2) is 27.8 Å². The van der Waals surface area contributed by atoms with Crippen LogP contribution in [0.3, 0.4) is 0 Å². The molecule has 0 aliphatic rings. The fourth-order valence-corrected chi connectivity index (χ4v) is 1.39. The van der Waals surface area contributed by atoms with Gasteiger partial charge in [0.05, 0.1) is 4.75 Å². The van der Waals surface area contributed by atoms with Crippen molar-refractivity contribution in [3.05, 3.63) is 5.21 Å². The second kappa shape index (κ2) is 5.18. The summed E-state index contributed by atoms with van der Waals surface area (Å²) < 4.78 is -0.917. The summed E-state index contributed by atoms with van der Waals surface area (Å²) in [7, 11) is 0. The van der Waals surface area contributed by atoms with Crippen molar-refractivity contribution in [1.82, 2.24) is 10.2 Å². The number of amides is 1. The van der Waals surface area contributed by atoms with Gasteiger partial charge in [-0.2, -0.15) is 0 Å². The predicted molar refractivity (Wildman–Crippen MR) is 53.4 cm³/mol. The molecule has 1 amide bonds. The smallest absolute Gasteiger partial charge is 0.327 e. The lowest BCUT2D eigenvalue weighted by Crippen LogP contribution is -2.52. The van der Waals surface area contributed by atoms with Crippen molar-refractivity contribution in [3.8, 4) is 0 Å². The summed E-state index contributed by atoms with van der Waals surface area (Å²) in [5.74, 6) is -1.62. The molecule has 6 nitrogen and oxygen atoms in total. The third-order valence-electron chi connectivity index (χ3n) is 1.59. The van der Waals surface area contributed by atoms with Gasteiger partial charge in [0.2, 0.25) is 5.91 Å². The predicted octanol–water partition coefficient (Wildman–Crippen LogP) is 0.0899. The molecule has 0 aromatic carbocycles. The Kier molecular flexibility index (Phi) is 4.89. The number of hydrogen-bond acceptors (Lipinski definition) is 5. The van der Waals surface area contributed by atoms with Crippen molar-refractivity contribution in [2.75, 3.05) is 0 Å². The number of carbonyl (C=O) groups excluding carboxylic acids is 1. The van der Waals surface area contributed by atoms with Gasteiger partial charge in [-0.1, -0.05) is 11.9 Å². The molecule has 0 aliphatic carbocycles. The first-order chi connectivity index (χ1) is 6.31. The quantitative estimate of drug-likeness (QED) is 0.449. The van der Waals surface area contributed by atoms with Crippen LogP contribution in [0.1, 0.15) is 20.8 Å². The van der Waals surface area contributed by atoms with Crippen LogP contribution in [0.5, 0.6) is 0 Å². The average Bonchev–Trinajstić information content (AvgIpc) is 1.99. The Hall–Kier alpha value is -0.790. The zero-order valence-corrected chi connectivity index (χ0v) is 8.97. The highest BCUT2D eigenvalue weighted by Gasteiger charge is 2.36. The third-order valence-corrected chi connectivity index (χ3v) is 2.44. The van der Waals surface area contributed by atoms with Crippen molar-refractivity contribution >= 4 is 23.8 Å². The molecule has 14 heavy (non-hydrogen) atoms. The molecule has 0 saturated carbocycles. The Morgan fingerprint density at radius 2 is 2.00 bits per heavy atom. The second-order valence-electron chi connectivity index (χ2n) is 3.26. The van der Waals surface area contributed by atoms with Gasteiger partial charge in [-0.15, -0.1) is 0 Å². The Labute approximate surface area is 86.2 Å². The van der Waals surface area contributed by atoms with E-state index in [1.54, 1.807) is 18.7 Å². The highest BCUT2D eigenvalue weighted by atomic mass is 32.2. The molecule has 0 radical (unpaired) electrons. The van der Waals surface area contributed by atoms with Crippen molar-refractivity contribution in [3.63, 3.8) is 0 Å². The Bertz CT molecular complexity index is 232. The summed E-state index contributed by atoms with van der Waals surface area (Å²) >= 11 is 0.711. The molecule has 0 aromatic rings. The molecule has 0 aliphatic heterocycles. The summed E-state index contributed by atoms with van der Waals surface area (Å²) in [6.07, 6.45) is 0. The first-order valence-corrected chi connectivity index (χ1v) is 4.68. The van der Waals surface area contributed by atoms with E-state index in [9.17, 15) is 14.8 Å². The molecule has 1 atom stereocenters. The number of carboxylic acid groups (broad SMARTS) is 1. The van der Waals surface area contributed by atoms with Gasteiger partial charge in [0.25, 0.3) is 0 Å². The van der Waals surface area contributed by atoms with Gasteiger partial charge in [0.15, 0.2) is 0 Å². The molecular weight excluding hydrogens is 208 g/mol. The van der Waals surface area contributed by atoms with E-state index in [0.29, 0.717) is 11.9 Å². The molecule has 3 N–H and O–H groups in total. The maximum absolute atomic E-state index is 10.8. The monoisotopic (exact) mass is 221 g/mol. The highest BCUT2D eigenvalue weighted by molar-refractivity contribution is 7.98. The van der Waals surface area contributed by atoms with Gasteiger partial charge in [0, 0.05) is 6.92 Å². The van der Waals surface area contributed by atoms with Crippen LogP contribution >= 0.6 is 11.9 Å². The SMILES string of the molecule is CC(=O)NC(C(=O)O)C(C)(C)SN[O-]. The van der Waals surface area contributed by atoms with Crippen LogP contribution in [0.25, 0.3) is 0 Å². The van der Waals surface area contributed by atoms with Crippen LogP contribution in [0.2, 0.25) is 0 Å². The summed E-state index contributed by atoms with van der Waals surface area (Å²) in [6, 6.07) is -1.11. The van der Waals surface area contributed by atoms with Crippen LogP contribution in [-0.2, 0) is 9.59 Å². The summed E-state index contributed by atoms with van der Waals surface area (Å²) in [6.45, 7) is 4.33. The summed E-state index contributed by atoms with van der Waals surface area (Å²) in [5.41, 5.74) is 0. The van der Waals surface area contributed by atoms with Crippen LogP contribution in [0.4, 0.5) is 0 Å². The van der Waals surface area contributed by atoms with E-state index in [1.807, 2.05) is 0 Å². The van der Waals surface area contributed by atoms with Crippen LogP contribution in [0.15, 0.2) is 0 Å². The normalized spacial score (nSPS) is 13.4. The second-order valence-corrected chi connectivity index (χ2v) is 4.68. The zero-order chi connectivity index (χ0) is 11.4. The van der Waals surface area contributed by atoms with E-state index in [1.165, 1.54) is 6.92 Å². The molecular formula is C7H13N2O4S-. The number of hydrogen-bond donors (Lipinski definition) is 3. The van der Waals surface area contributed by atoms with Crippen molar-refractivity contribution in [2.24, 2.45) is 0 Å². The van der Waals surface area contributed by atoms with Gasteiger partial charge in [-0.05, 0) is 13.8 Å². The minimum absolute atomic E-state index is 0.447. The molecule has 0 spiro atoms. The first-order valence-electron chi connectivity index (χ1n) is 3.86. The van der Waals surface area contributed by atoms with E-state index in [0.717, 1.165) is 0 Å². The fraction of sp³-hybridized carbons (Fsp3) is 0.714. The minimum atomic E-state index is -1.17. The summed E-state index contributed by atoms with van der Waals surface area (Å²) in [5, 5.41) is 21.3. The molecule has 0 fully saturated rings. The van der Waals surface area contributed by atoms with Gasteiger partial charge in [-0.25, -0.2) is 4.79 Å². The molecule has 7 heteroatoms. The van der Waals surface area contributed by atoms with E-state index < -0.39 is 22.7 Å². The van der Waals surface area contributed by atoms with E-state index in [-0.39, 0.29) is 0 Å². The Balaban J connectivity index is 4.62. The van der Waals surface area contributed by atoms with E-state index in [2.05, 4.69) is 5.32 Å². The minimum Gasteiger partial charge on any atom is -0.778 e. The molecule has 0 heterocycles. The summed E-state index contributed by atoms with van der Waals surface area (Å²) in [4.78, 5) is 23.1. The number of aliphatic carboxylic acids is 1. The third kappa shape index (κ3) is 3.95. The van der Waals surface area contributed by atoms with Gasteiger partial charge in [0.1, 0.15) is 6.04 Å². The fourth-order valence-electron chi connectivity index (χ4n) is 0.902. The van der Waals surface area contributed by atoms with Gasteiger partial charge < -0.3 is 20.5 Å². The number of nitrogens with one attached hydrogen (secondary N) is 2. The first kappa shape index (κ1) is 13.2. The maximum Gasteiger partial charge on any atom is 0.327 e. The molecule has 1 unspecified atom stereocenters. The van der Waals surface area contributed by atoms with Crippen LogP contribution in [0, 0.1) is 5.21 Å². The lowest BCUT2D eigenvalue weighted by Gasteiger charge is -2.32. The highest BCUT2D eigenvalue weighted by Crippen LogP contribution is 2.25. The van der Waals surface area contributed by atoms with Crippen molar-refractivity contribution in [1.29, 1.82) is 0 Å². The standard InChI is InChI=1S/C7H13N2O4S/c1-4(10)8-5(6(11)12)7(2,3)14-9-13/h5,9H,1-3H3,(H,8,10)(H,11,12)/q-1. The zero-order valence-electron chi connectivity index (χ0n) is 8.16. The lowest BCUT2D eigenvalue weighted by molar-refractivity contribution is -0.142. The van der Waals surface area contributed by atoms with Crippen molar-refractivity contribution < 1.29 is 14.7 Å². The average molecular weight is 221 g/mol. The maximum atomic E-state index is 10.8. The topological polar surface area (TPSA) is 101 Å². The molecule has 0 bridgehead atoms. The molecule has 0 aromatic heterocycles. The van der Waals surface area contributed by atoms with Crippen molar-refractivity contribution in [2.45, 2.75) is 31.6 Å². The molecule has 0 rings (SSSR count). The van der Waals surface area contributed by atoms with Gasteiger partial charge >= 0.3 is 5.97 Å². The number of rotatable bonds is 5. The van der Waals surface area contributed by atoms with Crippen LogP contribution < -0.4 is 10.2 Å².